The fourth-order valence-electron chi connectivity index (χ4n) is 1.40. The summed E-state index contributed by atoms with van der Waals surface area (Å²) in [7, 11) is 0. The first-order valence-corrected chi connectivity index (χ1v) is 7.32. The van der Waals surface area contributed by atoms with Crippen LogP contribution in [0, 0.1) is 6.92 Å². The second-order valence-corrected chi connectivity index (χ2v) is 5.38. The van der Waals surface area contributed by atoms with Crippen molar-refractivity contribution >= 4 is 40.6 Å². The van der Waals surface area contributed by atoms with Crippen LogP contribution >= 0.6 is 22.9 Å². The number of hydrogen-bond acceptors (Lipinski definition) is 4. The molecular formula is C12H17ClN2O3S. The lowest BCUT2D eigenvalue weighted by molar-refractivity contribution is 0.0958. The van der Waals surface area contributed by atoms with Crippen molar-refractivity contribution in [2.75, 3.05) is 24.3 Å². The van der Waals surface area contributed by atoms with Gasteiger partial charge in [0, 0.05) is 17.3 Å². The van der Waals surface area contributed by atoms with E-state index in [1.165, 1.54) is 11.3 Å². The van der Waals surface area contributed by atoms with Crippen molar-refractivity contribution in [3.8, 4) is 0 Å². The molecule has 0 aromatic carbocycles. The maximum atomic E-state index is 12.0. The average molecular weight is 305 g/mol. The van der Waals surface area contributed by atoms with E-state index in [0.717, 1.165) is 4.88 Å². The third-order valence-corrected chi connectivity index (χ3v) is 3.49. The van der Waals surface area contributed by atoms with E-state index in [1.807, 2.05) is 6.92 Å². The molecule has 7 heteroatoms. The van der Waals surface area contributed by atoms with E-state index in [4.69, 9.17) is 16.3 Å². The Bertz CT molecular complexity index is 448. The Hall–Kier alpha value is -1.27. The maximum Gasteiger partial charge on any atom is 0.411 e. The summed E-state index contributed by atoms with van der Waals surface area (Å²) in [5.74, 6) is 0.285. The smallest absolute Gasteiger partial charge is 0.411 e. The molecule has 1 rings (SSSR count). The van der Waals surface area contributed by atoms with Crippen LogP contribution in [0.25, 0.3) is 0 Å². The Kier molecular flexibility index (Phi) is 6.66. The van der Waals surface area contributed by atoms with Crippen LogP contribution in [0.1, 0.15) is 27.9 Å². The minimum absolute atomic E-state index is 0.213. The lowest BCUT2D eigenvalue weighted by atomic mass is 10.3. The van der Waals surface area contributed by atoms with E-state index < -0.39 is 6.09 Å². The lowest BCUT2D eigenvalue weighted by Crippen LogP contribution is -2.25. The Morgan fingerprint density at radius 1 is 1.47 bits per heavy atom. The number of carbonyl (C=O) groups is 2. The summed E-state index contributed by atoms with van der Waals surface area (Å²) < 4.78 is 4.79. The highest BCUT2D eigenvalue weighted by atomic mass is 35.5. The molecule has 1 heterocycles. The van der Waals surface area contributed by atoms with Crippen LogP contribution in [0.3, 0.4) is 0 Å². The molecule has 0 aliphatic rings. The van der Waals surface area contributed by atoms with Gasteiger partial charge in [-0.15, -0.1) is 22.9 Å². The van der Waals surface area contributed by atoms with Crippen LogP contribution in [-0.4, -0.2) is 31.0 Å². The van der Waals surface area contributed by atoms with Gasteiger partial charge in [0.2, 0.25) is 0 Å². The van der Waals surface area contributed by atoms with E-state index in [0.29, 0.717) is 29.4 Å². The monoisotopic (exact) mass is 304 g/mol. The van der Waals surface area contributed by atoms with Gasteiger partial charge in [0.15, 0.2) is 0 Å². The molecule has 2 N–H and O–H groups in total. The maximum absolute atomic E-state index is 12.0. The summed E-state index contributed by atoms with van der Waals surface area (Å²) in [6.45, 7) is 4.39. The second kappa shape index (κ2) is 8.01. The highest BCUT2D eigenvalue weighted by Gasteiger charge is 2.16. The SMILES string of the molecule is CCOC(=O)Nc1cc(C)sc1C(=O)NCCCCl. The van der Waals surface area contributed by atoms with Gasteiger partial charge < -0.3 is 10.1 Å². The molecule has 0 fully saturated rings. The Labute approximate surface area is 121 Å². The molecule has 0 unspecified atom stereocenters. The van der Waals surface area contributed by atoms with Gasteiger partial charge in [0.1, 0.15) is 4.88 Å². The molecule has 0 spiro atoms. The highest BCUT2D eigenvalue weighted by molar-refractivity contribution is 7.14. The standard InChI is InChI=1S/C12H17ClN2O3S/c1-3-18-12(17)15-9-7-8(2)19-10(9)11(16)14-6-4-5-13/h7H,3-6H2,1-2H3,(H,14,16)(H,15,17). The molecule has 0 radical (unpaired) electrons. The molecule has 0 bridgehead atoms. The van der Waals surface area contributed by atoms with E-state index in [1.54, 1.807) is 13.0 Å². The number of hydrogen-bond donors (Lipinski definition) is 2. The van der Waals surface area contributed by atoms with Gasteiger partial charge in [-0.3, -0.25) is 10.1 Å². The van der Waals surface area contributed by atoms with Crippen molar-refractivity contribution in [2.45, 2.75) is 20.3 Å². The Balaban J connectivity index is 2.71. The predicted molar refractivity (Wildman–Crippen MR) is 77.4 cm³/mol. The van der Waals surface area contributed by atoms with Crippen LogP contribution < -0.4 is 10.6 Å². The van der Waals surface area contributed by atoms with Crippen molar-refractivity contribution in [3.63, 3.8) is 0 Å². The minimum atomic E-state index is -0.560. The summed E-state index contributed by atoms with van der Waals surface area (Å²) in [6.07, 6.45) is 0.147. The van der Waals surface area contributed by atoms with Gasteiger partial charge in [-0.25, -0.2) is 4.79 Å². The quantitative estimate of drug-likeness (QED) is 0.627. The Morgan fingerprint density at radius 3 is 2.84 bits per heavy atom. The molecule has 0 aliphatic carbocycles. The van der Waals surface area contributed by atoms with Crippen LogP contribution in [0.15, 0.2) is 6.07 Å². The molecule has 5 nitrogen and oxygen atoms in total. The normalized spacial score (nSPS) is 10.1. The summed E-state index contributed by atoms with van der Waals surface area (Å²) >= 11 is 6.87. The molecule has 106 valence electrons. The van der Waals surface area contributed by atoms with Crippen molar-refractivity contribution in [1.82, 2.24) is 5.32 Å². The summed E-state index contributed by atoms with van der Waals surface area (Å²) in [6, 6.07) is 1.75. The summed E-state index contributed by atoms with van der Waals surface area (Å²) in [4.78, 5) is 24.7. The van der Waals surface area contributed by atoms with Gasteiger partial charge in [0.25, 0.3) is 5.91 Å². The molecule has 2 amide bonds. The number of carbonyl (C=O) groups excluding carboxylic acids is 2. The zero-order valence-corrected chi connectivity index (χ0v) is 12.5. The first-order chi connectivity index (χ1) is 9.08. The number of ether oxygens (including phenoxy) is 1. The van der Waals surface area contributed by atoms with Crippen molar-refractivity contribution in [2.24, 2.45) is 0 Å². The summed E-state index contributed by atoms with van der Waals surface area (Å²) in [5.41, 5.74) is 0.476. The zero-order valence-electron chi connectivity index (χ0n) is 10.9. The van der Waals surface area contributed by atoms with Crippen LogP contribution in [0.2, 0.25) is 0 Å². The van der Waals surface area contributed by atoms with Gasteiger partial charge in [-0.1, -0.05) is 0 Å². The molecule has 0 atom stereocenters. The van der Waals surface area contributed by atoms with Crippen molar-refractivity contribution in [1.29, 1.82) is 0 Å². The number of alkyl halides is 1. The van der Waals surface area contributed by atoms with E-state index in [9.17, 15) is 9.59 Å². The zero-order chi connectivity index (χ0) is 14.3. The third kappa shape index (κ3) is 5.08. The number of aryl methyl sites for hydroxylation is 1. The first kappa shape index (κ1) is 15.8. The molecule has 19 heavy (non-hydrogen) atoms. The van der Waals surface area contributed by atoms with Gasteiger partial charge in [-0.2, -0.15) is 0 Å². The van der Waals surface area contributed by atoms with E-state index in [-0.39, 0.29) is 12.5 Å². The highest BCUT2D eigenvalue weighted by Crippen LogP contribution is 2.26. The molecule has 1 aromatic heterocycles. The molecule has 0 aliphatic heterocycles. The Morgan fingerprint density at radius 2 is 2.21 bits per heavy atom. The average Bonchev–Trinajstić information content (AvgIpc) is 2.70. The van der Waals surface area contributed by atoms with E-state index in [2.05, 4.69) is 10.6 Å². The van der Waals surface area contributed by atoms with Gasteiger partial charge >= 0.3 is 6.09 Å². The first-order valence-electron chi connectivity index (χ1n) is 5.96. The lowest BCUT2D eigenvalue weighted by Gasteiger charge is -2.06. The van der Waals surface area contributed by atoms with Crippen LogP contribution in [0.4, 0.5) is 10.5 Å². The number of rotatable bonds is 6. The van der Waals surface area contributed by atoms with Gasteiger partial charge in [0.05, 0.1) is 12.3 Å². The largest absolute Gasteiger partial charge is 0.450 e. The van der Waals surface area contributed by atoms with Gasteiger partial charge in [-0.05, 0) is 26.3 Å². The number of anilines is 1. The predicted octanol–water partition coefficient (Wildman–Crippen LogP) is 2.98. The van der Waals surface area contributed by atoms with Crippen LogP contribution in [0.5, 0.6) is 0 Å². The summed E-state index contributed by atoms with van der Waals surface area (Å²) in [5, 5.41) is 5.32. The van der Waals surface area contributed by atoms with Crippen molar-refractivity contribution in [3.05, 3.63) is 15.8 Å². The second-order valence-electron chi connectivity index (χ2n) is 3.74. The fraction of sp³-hybridized carbons (Fsp3) is 0.500. The number of amides is 2. The number of halogens is 1. The third-order valence-electron chi connectivity index (χ3n) is 2.17. The van der Waals surface area contributed by atoms with Crippen molar-refractivity contribution < 1.29 is 14.3 Å². The minimum Gasteiger partial charge on any atom is -0.450 e. The molecular weight excluding hydrogens is 288 g/mol. The van der Waals surface area contributed by atoms with Crippen LogP contribution in [-0.2, 0) is 4.74 Å². The van der Waals surface area contributed by atoms with E-state index >= 15 is 0 Å². The topological polar surface area (TPSA) is 67.4 Å². The molecule has 0 saturated carbocycles. The fourth-order valence-corrected chi connectivity index (χ4v) is 2.42. The number of thiophene rings is 1. The number of nitrogens with one attached hydrogen (secondary N) is 2. The molecule has 0 saturated heterocycles. The molecule has 1 aromatic rings.